The lowest BCUT2D eigenvalue weighted by Crippen LogP contribution is -2.25. The Balaban J connectivity index is 1.91. The Hall–Kier alpha value is -0.740. The highest BCUT2D eigenvalue weighted by Gasteiger charge is 2.09. The number of thioether (sulfide) groups is 1. The van der Waals surface area contributed by atoms with E-state index in [1.807, 2.05) is 6.20 Å². The van der Waals surface area contributed by atoms with Crippen LogP contribution in [0.25, 0.3) is 0 Å². The average molecular weight is 265 g/mol. The number of nitrogens with zero attached hydrogens (tertiary/aromatic N) is 2. The minimum absolute atomic E-state index is 0.997. The highest BCUT2D eigenvalue weighted by atomic mass is 32.2. The third-order valence-corrected chi connectivity index (χ3v) is 4.15. The van der Waals surface area contributed by atoms with Crippen molar-refractivity contribution < 1.29 is 0 Å². The maximum Gasteiger partial charge on any atom is 0.126 e. The molecule has 0 bridgehead atoms. The summed E-state index contributed by atoms with van der Waals surface area (Å²) in [6.07, 6.45) is 4.37. The first-order valence-electron chi connectivity index (χ1n) is 6.87. The molecular weight excluding hydrogens is 242 g/mol. The molecule has 18 heavy (non-hydrogen) atoms. The number of aromatic nitrogens is 1. The van der Waals surface area contributed by atoms with Gasteiger partial charge in [-0.05, 0) is 42.8 Å². The largest absolute Gasteiger partial charge is 0.370 e. The van der Waals surface area contributed by atoms with Crippen LogP contribution in [0.5, 0.6) is 0 Å². The van der Waals surface area contributed by atoms with Crippen LogP contribution in [-0.2, 0) is 6.54 Å². The summed E-state index contributed by atoms with van der Waals surface area (Å²) in [6.45, 7) is 6.67. The summed E-state index contributed by atoms with van der Waals surface area (Å²) in [6, 6.07) is 4.32. The van der Waals surface area contributed by atoms with Gasteiger partial charge in [0.25, 0.3) is 0 Å². The molecule has 100 valence electrons. The number of rotatable bonds is 5. The molecule has 4 heteroatoms. The molecule has 1 aromatic heterocycles. The fraction of sp³-hybridized carbons (Fsp3) is 0.643. The Labute approximate surface area is 114 Å². The SMILES string of the molecule is CCCNc1cc(CN2CCCSCC2)ccn1. The van der Waals surface area contributed by atoms with E-state index in [9.17, 15) is 0 Å². The first-order valence-corrected chi connectivity index (χ1v) is 8.03. The van der Waals surface area contributed by atoms with Crippen molar-refractivity contribution in [2.24, 2.45) is 0 Å². The smallest absolute Gasteiger partial charge is 0.126 e. The number of hydrogen-bond acceptors (Lipinski definition) is 4. The zero-order valence-corrected chi connectivity index (χ0v) is 12.0. The molecule has 0 spiro atoms. The Morgan fingerprint density at radius 3 is 3.22 bits per heavy atom. The molecule has 2 rings (SSSR count). The van der Waals surface area contributed by atoms with E-state index in [2.05, 4.69) is 46.0 Å². The van der Waals surface area contributed by atoms with Crippen molar-refractivity contribution in [2.45, 2.75) is 26.3 Å². The van der Waals surface area contributed by atoms with Crippen LogP contribution < -0.4 is 5.32 Å². The van der Waals surface area contributed by atoms with Gasteiger partial charge in [0.1, 0.15) is 5.82 Å². The van der Waals surface area contributed by atoms with Gasteiger partial charge < -0.3 is 5.32 Å². The normalized spacial score (nSPS) is 17.4. The van der Waals surface area contributed by atoms with E-state index >= 15 is 0 Å². The lowest BCUT2D eigenvalue weighted by molar-refractivity contribution is 0.287. The first-order chi connectivity index (χ1) is 8.88. The fourth-order valence-electron chi connectivity index (χ4n) is 2.14. The summed E-state index contributed by atoms with van der Waals surface area (Å²) < 4.78 is 0. The third kappa shape index (κ3) is 4.50. The molecular formula is C14H23N3S. The molecule has 1 aliphatic heterocycles. The van der Waals surface area contributed by atoms with Gasteiger partial charge in [0.05, 0.1) is 0 Å². The summed E-state index contributed by atoms with van der Waals surface area (Å²) >= 11 is 2.08. The van der Waals surface area contributed by atoms with Gasteiger partial charge in [0, 0.05) is 31.6 Å². The maximum atomic E-state index is 4.35. The van der Waals surface area contributed by atoms with Crippen LogP contribution >= 0.6 is 11.8 Å². The topological polar surface area (TPSA) is 28.2 Å². The third-order valence-electron chi connectivity index (χ3n) is 3.10. The lowest BCUT2D eigenvalue weighted by atomic mass is 10.2. The van der Waals surface area contributed by atoms with Gasteiger partial charge in [-0.15, -0.1) is 0 Å². The Bertz CT molecular complexity index is 349. The molecule has 1 aliphatic rings. The molecule has 2 heterocycles. The van der Waals surface area contributed by atoms with Gasteiger partial charge in [0.2, 0.25) is 0 Å². The molecule has 3 nitrogen and oxygen atoms in total. The van der Waals surface area contributed by atoms with Crippen LogP contribution in [-0.4, -0.2) is 41.0 Å². The van der Waals surface area contributed by atoms with Gasteiger partial charge in [-0.1, -0.05) is 6.92 Å². The molecule has 0 amide bonds. The second kappa shape index (κ2) is 7.64. The van der Waals surface area contributed by atoms with Crippen LogP contribution in [0.2, 0.25) is 0 Å². The van der Waals surface area contributed by atoms with Gasteiger partial charge in [-0.2, -0.15) is 11.8 Å². The zero-order chi connectivity index (χ0) is 12.6. The number of hydrogen-bond donors (Lipinski definition) is 1. The van der Waals surface area contributed by atoms with Crippen LogP contribution in [0.3, 0.4) is 0 Å². The molecule has 0 radical (unpaired) electrons. The van der Waals surface area contributed by atoms with E-state index in [-0.39, 0.29) is 0 Å². The summed E-state index contributed by atoms with van der Waals surface area (Å²) in [7, 11) is 0. The number of nitrogens with one attached hydrogen (secondary N) is 1. The van der Waals surface area contributed by atoms with Gasteiger partial charge in [-0.3, -0.25) is 4.90 Å². The fourth-order valence-corrected chi connectivity index (χ4v) is 3.06. The summed E-state index contributed by atoms with van der Waals surface area (Å²) in [5.74, 6) is 3.60. The predicted molar refractivity (Wildman–Crippen MR) is 80.2 cm³/mol. The van der Waals surface area contributed by atoms with Crippen LogP contribution in [0, 0.1) is 0 Å². The highest BCUT2D eigenvalue weighted by molar-refractivity contribution is 7.99. The van der Waals surface area contributed by atoms with E-state index in [4.69, 9.17) is 0 Å². The van der Waals surface area contributed by atoms with Crippen LogP contribution in [0.15, 0.2) is 18.3 Å². The number of pyridine rings is 1. The van der Waals surface area contributed by atoms with Crippen molar-refractivity contribution in [3.05, 3.63) is 23.9 Å². The van der Waals surface area contributed by atoms with E-state index in [0.29, 0.717) is 0 Å². The average Bonchev–Trinajstić information content (AvgIpc) is 2.65. The molecule has 0 unspecified atom stereocenters. The molecule has 1 saturated heterocycles. The second-order valence-electron chi connectivity index (χ2n) is 4.72. The second-order valence-corrected chi connectivity index (χ2v) is 5.94. The summed E-state index contributed by atoms with van der Waals surface area (Å²) in [5, 5.41) is 3.35. The van der Waals surface area contributed by atoms with E-state index in [0.717, 1.165) is 25.3 Å². The lowest BCUT2D eigenvalue weighted by Gasteiger charge is -2.19. The van der Waals surface area contributed by atoms with Gasteiger partial charge in [-0.25, -0.2) is 4.98 Å². The monoisotopic (exact) mass is 265 g/mol. The standard InChI is InChI=1S/C14H23N3S/c1-2-5-15-14-11-13(4-6-16-14)12-17-7-3-9-18-10-8-17/h4,6,11H,2-3,5,7-10,12H2,1H3,(H,15,16). The van der Waals surface area contributed by atoms with Crippen molar-refractivity contribution in [2.75, 3.05) is 36.5 Å². The summed E-state index contributed by atoms with van der Waals surface area (Å²) in [4.78, 5) is 6.91. The number of anilines is 1. The van der Waals surface area contributed by atoms with E-state index < -0.39 is 0 Å². The minimum Gasteiger partial charge on any atom is -0.370 e. The Morgan fingerprint density at radius 1 is 1.39 bits per heavy atom. The minimum atomic E-state index is 0.997. The maximum absolute atomic E-state index is 4.35. The Morgan fingerprint density at radius 2 is 2.33 bits per heavy atom. The molecule has 1 N–H and O–H groups in total. The van der Waals surface area contributed by atoms with Crippen LogP contribution in [0.1, 0.15) is 25.3 Å². The molecule has 0 saturated carbocycles. The molecule has 0 aromatic carbocycles. The van der Waals surface area contributed by atoms with E-state index in [1.54, 1.807) is 0 Å². The van der Waals surface area contributed by atoms with Gasteiger partial charge >= 0.3 is 0 Å². The highest BCUT2D eigenvalue weighted by Crippen LogP contribution is 2.14. The van der Waals surface area contributed by atoms with Crippen molar-refractivity contribution in [3.8, 4) is 0 Å². The Kier molecular flexibility index (Phi) is 5.81. The predicted octanol–water partition coefficient (Wildman–Crippen LogP) is 2.84. The summed E-state index contributed by atoms with van der Waals surface area (Å²) in [5.41, 5.74) is 1.37. The first kappa shape index (κ1) is 13.7. The quantitative estimate of drug-likeness (QED) is 0.886. The molecule has 1 aromatic rings. The van der Waals surface area contributed by atoms with Crippen LogP contribution in [0.4, 0.5) is 5.82 Å². The van der Waals surface area contributed by atoms with Crippen molar-refractivity contribution >= 4 is 17.6 Å². The molecule has 0 atom stereocenters. The van der Waals surface area contributed by atoms with Crippen molar-refractivity contribution in [1.29, 1.82) is 0 Å². The zero-order valence-electron chi connectivity index (χ0n) is 11.2. The van der Waals surface area contributed by atoms with Crippen molar-refractivity contribution in [3.63, 3.8) is 0 Å². The molecule has 0 aliphatic carbocycles. The van der Waals surface area contributed by atoms with E-state index in [1.165, 1.54) is 36.6 Å². The molecule has 1 fully saturated rings. The van der Waals surface area contributed by atoms with Gasteiger partial charge in [0.15, 0.2) is 0 Å². The van der Waals surface area contributed by atoms with Crippen molar-refractivity contribution in [1.82, 2.24) is 9.88 Å².